The van der Waals surface area contributed by atoms with E-state index in [1.807, 2.05) is 0 Å². The van der Waals surface area contributed by atoms with Gasteiger partial charge in [0, 0.05) is 0 Å². The van der Waals surface area contributed by atoms with Crippen molar-refractivity contribution >= 4 is 0 Å². The molecule has 0 saturated carbocycles. The largest absolute Gasteiger partial charge is 0.166 e. The molecular formula is C20H32-2. The summed E-state index contributed by atoms with van der Waals surface area (Å²) in [6, 6.07) is 0. The SMILES string of the molecule is C/C(CC(C)(C)C)=C1\C=C([C-](C)CC(C)(C)C)C=C[CH-]1. The van der Waals surface area contributed by atoms with Crippen LogP contribution >= 0.6 is 0 Å². The van der Waals surface area contributed by atoms with Crippen molar-refractivity contribution in [3.8, 4) is 0 Å². The second kappa shape index (κ2) is 6.16. The molecule has 0 fully saturated rings. The Bertz CT molecular complexity index is 416. The first kappa shape index (κ1) is 17.0. The molecule has 0 N–H and O–H groups in total. The maximum absolute atomic E-state index is 2.36. The van der Waals surface area contributed by atoms with Crippen LogP contribution in [0.3, 0.4) is 0 Å². The van der Waals surface area contributed by atoms with E-state index in [1.165, 1.54) is 22.6 Å². The predicted molar refractivity (Wildman–Crippen MR) is 91.3 cm³/mol. The number of allylic oxidation sites excluding steroid dienone is 6. The fourth-order valence-corrected chi connectivity index (χ4v) is 2.85. The molecule has 0 radical (unpaired) electrons. The zero-order valence-corrected chi connectivity index (χ0v) is 14.7. The highest BCUT2D eigenvalue weighted by Crippen LogP contribution is 2.34. The van der Waals surface area contributed by atoms with Crippen LogP contribution in [0.1, 0.15) is 68.2 Å². The Kier molecular flexibility index (Phi) is 5.24. The molecule has 1 rings (SSSR count). The molecule has 0 aromatic carbocycles. The predicted octanol–water partition coefficient (Wildman–Crippen LogP) is 6.47. The highest BCUT2D eigenvalue weighted by atomic mass is 14.2. The van der Waals surface area contributed by atoms with Gasteiger partial charge in [0.05, 0.1) is 0 Å². The van der Waals surface area contributed by atoms with Crippen LogP contribution in [0.4, 0.5) is 0 Å². The van der Waals surface area contributed by atoms with E-state index in [9.17, 15) is 0 Å². The fraction of sp³-hybridized carbons (Fsp3) is 0.600. The van der Waals surface area contributed by atoms with Crippen LogP contribution in [-0.4, -0.2) is 0 Å². The highest BCUT2D eigenvalue weighted by molar-refractivity contribution is 5.51. The van der Waals surface area contributed by atoms with Crippen molar-refractivity contribution in [3.63, 3.8) is 0 Å². The Balaban J connectivity index is 2.89. The lowest BCUT2D eigenvalue weighted by molar-refractivity contribution is 0.393. The van der Waals surface area contributed by atoms with Crippen molar-refractivity contribution in [2.24, 2.45) is 10.8 Å². The molecule has 0 spiro atoms. The van der Waals surface area contributed by atoms with Gasteiger partial charge < -0.3 is 0 Å². The Morgan fingerprint density at radius 1 is 1.10 bits per heavy atom. The van der Waals surface area contributed by atoms with Crippen molar-refractivity contribution in [1.82, 2.24) is 0 Å². The fourth-order valence-electron chi connectivity index (χ4n) is 2.85. The molecule has 0 atom stereocenters. The molecule has 0 unspecified atom stereocenters. The monoisotopic (exact) mass is 272 g/mol. The summed E-state index contributed by atoms with van der Waals surface area (Å²) in [5.74, 6) is 1.49. The number of rotatable bonds is 3. The normalized spacial score (nSPS) is 18.5. The summed E-state index contributed by atoms with van der Waals surface area (Å²) < 4.78 is 0. The topological polar surface area (TPSA) is 0 Å². The Hall–Kier alpha value is -1.04. The van der Waals surface area contributed by atoms with Crippen molar-refractivity contribution < 1.29 is 0 Å². The summed E-state index contributed by atoms with van der Waals surface area (Å²) in [6.07, 6.45) is 11.3. The molecule has 0 heteroatoms. The third-order valence-electron chi connectivity index (χ3n) is 3.44. The zero-order chi connectivity index (χ0) is 15.6. The third kappa shape index (κ3) is 5.94. The minimum Gasteiger partial charge on any atom is -0.166 e. The summed E-state index contributed by atoms with van der Waals surface area (Å²) in [5, 5.41) is 0. The molecule has 0 aliphatic heterocycles. The lowest BCUT2D eigenvalue weighted by Crippen LogP contribution is -2.12. The molecule has 1 aliphatic rings. The van der Waals surface area contributed by atoms with E-state index < -0.39 is 0 Å². The summed E-state index contributed by atoms with van der Waals surface area (Å²) in [5.41, 5.74) is 4.98. The van der Waals surface area contributed by atoms with Gasteiger partial charge in [0.15, 0.2) is 0 Å². The number of hydrogen-bond acceptors (Lipinski definition) is 0. The molecule has 0 aromatic heterocycles. The Morgan fingerprint density at radius 2 is 1.70 bits per heavy atom. The van der Waals surface area contributed by atoms with Crippen LogP contribution in [0.2, 0.25) is 0 Å². The standard InChI is InChI=1S/C20H32/c1-15(13-19(3,4)5)17-10-9-11-18(12-17)16(2)14-20(6,7)8/h9-12H,13-14H2,1-8H3/q-2/b17-15+. The molecule has 114 valence electrons. The Labute approximate surface area is 127 Å². The summed E-state index contributed by atoms with van der Waals surface area (Å²) in [4.78, 5) is 0. The minimum absolute atomic E-state index is 0.351. The van der Waals surface area contributed by atoms with Crippen LogP contribution in [0, 0.1) is 23.2 Å². The summed E-state index contributed by atoms with van der Waals surface area (Å²) in [7, 11) is 0. The third-order valence-corrected chi connectivity index (χ3v) is 3.44. The maximum atomic E-state index is 2.36. The average molecular weight is 272 g/mol. The van der Waals surface area contributed by atoms with Gasteiger partial charge in [0.25, 0.3) is 0 Å². The van der Waals surface area contributed by atoms with Crippen molar-refractivity contribution in [3.05, 3.63) is 47.3 Å². The number of hydrogen-bond donors (Lipinski definition) is 0. The second-order valence-electron chi connectivity index (χ2n) is 8.62. The first-order valence-electron chi connectivity index (χ1n) is 7.74. The van der Waals surface area contributed by atoms with Gasteiger partial charge in [-0.2, -0.15) is 17.1 Å². The van der Waals surface area contributed by atoms with Crippen molar-refractivity contribution in [2.45, 2.75) is 68.2 Å². The molecule has 0 nitrogen and oxygen atoms in total. The van der Waals surface area contributed by atoms with Gasteiger partial charge in [-0.3, -0.25) is 0 Å². The summed E-state index contributed by atoms with van der Waals surface area (Å²) in [6.45, 7) is 18.4. The molecule has 0 saturated heterocycles. The van der Waals surface area contributed by atoms with E-state index in [0.717, 1.165) is 12.8 Å². The molecule has 20 heavy (non-hydrogen) atoms. The first-order valence-corrected chi connectivity index (χ1v) is 7.74. The van der Waals surface area contributed by atoms with Crippen molar-refractivity contribution in [1.29, 1.82) is 0 Å². The molecular weight excluding hydrogens is 240 g/mol. The zero-order valence-electron chi connectivity index (χ0n) is 14.7. The second-order valence-corrected chi connectivity index (χ2v) is 8.62. The van der Waals surface area contributed by atoms with Gasteiger partial charge in [-0.15, -0.1) is 30.2 Å². The van der Waals surface area contributed by atoms with Crippen LogP contribution in [0.15, 0.2) is 34.9 Å². The molecule has 0 bridgehead atoms. The van der Waals surface area contributed by atoms with Crippen LogP contribution in [0.5, 0.6) is 0 Å². The van der Waals surface area contributed by atoms with E-state index in [4.69, 9.17) is 0 Å². The van der Waals surface area contributed by atoms with Crippen LogP contribution in [-0.2, 0) is 0 Å². The van der Waals surface area contributed by atoms with Gasteiger partial charge in [0.1, 0.15) is 0 Å². The quantitative estimate of drug-likeness (QED) is 0.516. The molecule has 0 heterocycles. The first-order chi connectivity index (χ1) is 8.98. The van der Waals surface area contributed by atoms with E-state index in [0.29, 0.717) is 10.8 Å². The minimum atomic E-state index is 0.351. The van der Waals surface area contributed by atoms with Gasteiger partial charge in [-0.1, -0.05) is 68.2 Å². The maximum Gasteiger partial charge on any atom is -0.0425 e. The van der Waals surface area contributed by atoms with Crippen molar-refractivity contribution in [2.75, 3.05) is 0 Å². The average Bonchev–Trinajstić information content (AvgIpc) is 2.24. The van der Waals surface area contributed by atoms with Gasteiger partial charge in [-0.25, -0.2) is 0 Å². The lowest BCUT2D eigenvalue weighted by atomic mass is 9.79. The molecule has 0 amide bonds. The van der Waals surface area contributed by atoms with E-state index in [2.05, 4.69) is 80.0 Å². The Morgan fingerprint density at radius 3 is 2.20 bits per heavy atom. The van der Waals surface area contributed by atoms with E-state index in [1.54, 1.807) is 0 Å². The van der Waals surface area contributed by atoms with E-state index >= 15 is 0 Å². The summed E-state index contributed by atoms with van der Waals surface area (Å²) >= 11 is 0. The highest BCUT2D eigenvalue weighted by Gasteiger charge is 2.14. The molecule has 1 aliphatic carbocycles. The molecule has 0 aromatic rings. The van der Waals surface area contributed by atoms with Gasteiger partial charge in [-0.05, 0) is 10.8 Å². The van der Waals surface area contributed by atoms with E-state index in [-0.39, 0.29) is 0 Å². The lowest BCUT2D eigenvalue weighted by Gasteiger charge is -2.33. The van der Waals surface area contributed by atoms with Crippen LogP contribution < -0.4 is 0 Å². The smallest absolute Gasteiger partial charge is 0.0425 e. The van der Waals surface area contributed by atoms with Crippen LogP contribution in [0.25, 0.3) is 0 Å². The van der Waals surface area contributed by atoms with Gasteiger partial charge >= 0.3 is 0 Å². The van der Waals surface area contributed by atoms with Gasteiger partial charge in [0.2, 0.25) is 0 Å².